The molecule has 2 rings (SSSR count). The fourth-order valence-corrected chi connectivity index (χ4v) is 3.15. The van der Waals surface area contributed by atoms with E-state index < -0.39 is 0 Å². The summed E-state index contributed by atoms with van der Waals surface area (Å²) in [5, 5.41) is 9.61. The van der Waals surface area contributed by atoms with Crippen LogP contribution >= 0.6 is 0 Å². The summed E-state index contributed by atoms with van der Waals surface area (Å²) in [5.41, 5.74) is 2.04. The molecule has 8 heteroatoms. The van der Waals surface area contributed by atoms with Crippen molar-refractivity contribution in [3.8, 4) is 11.5 Å². The van der Waals surface area contributed by atoms with Crippen LogP contribution < -0.4 is 9.47 Å². The number of aliphatic hydroxyl groups is 1. The number of amides is 1. The van der Waals surface area contributed by atoms with E-state index in [4.69, 9.17) is 23.7 Å². The van der Waals surface area contributed by atoms with Crippen molar-refractivity contribution in [2.75, 3.05) is 60.7 Å². The Bertz CT molecular complexity index is 615. The van der Waals surface area contributed by atoms with Crippen molar-refractivity contribution in [3.05, 3.63) is 22.8 Å². The first-order chi connectivity index (χ1) is 13.2. The van der Waals surface area contributed by atoms with Gasteiger partial charge < -0.3 is 33.7 Å². The number of carbonyl (C=O) groups is 1. The molecule has 1 aromatic carbocycles. The summed E-state index contributed by atoms with van der Waals surface area (Å²) in [5.74, 6) is 0.813. The first-order valence-corrected chi connectivity index (χ1v) is 9.07. The molecule has 1 heterocycles. The van der Waals surface area contributed by atoms with Crippen molar-refractivity contribution in [1.82, 2.24) is 4.90 Å². The van der Waals surface area contributed by atoms with Crippen LogP contribution in [0.1, 0.15) is 28.4 Å². The van der Waals surface area contributed by atoms with E-state index in [-0.39, 0.29) is 26.1 Å². The minimum atomic E-state index is -0.138. The van der Waals surface area contributed by atoms with E-state index in [0.29, 0.717) is 56.2 Å². The molecule has 0 aliphatic carbocycles. The first-order valence-electron chi connectivity index (χ1n) is 9.07. The number of aliphatic hydroxyl groups excluding tert-OH is 1. The SMILES string of the molecule is CCc1c(OCOC)cc(OCOC)c(C(=O)N2CCOCC2)c1CCO. The molecule has 1 aliphatic heterocycles. The standard InChI is InChI=1S/C19H29NO7/c1-4-14-15(5-8-21)18(19(22)20-6-9-25-10-7-20)17(27-13-24-3)11-16(14)26-12-23-2/h11,21H,4-10,12-13H2,1-3H3. The lowest BCUT2D eigenvalue weighted by Crippen LogP contribution is -2.41. The maximum absolute atomic E-state index is 13.3. The van der Waals surface area contributed by atoms with Gasteiger partial charge in [0.05, 0.1) is 18.8 Å². The quantitative estimate of drug-likeness (QED) is 0.608. The molecule has 0 unspecified atom stereocenters. The topological polar surface area (TPSA) is 86.7 Å². The maximum atomic E-state index is 13.3. The highest BCUT2D eigenvalue weighted by Crippen LogP contribution is 2.36. The van der Waals surface area contributed by atoms with Gasteiger partial charge in [-0.3, -0.25) is 4.79 Å². The third-order valence-electron chi connectivity index (χ3n) is 4.36. The third kappa shape index (κ3) is 5.32. The van der Waals surface area contributed by atoms with Gasteiger partial charge in [0.1, 0.15) is 11.5 Å². The van der Waals surface area contributed by atoms with E-state index in [1.54, 1.807) is 18.1 Å². The van der Waals surface area contributed by atoms with Gasteiger partial charge in [-0.15, -0.1) is 0 Å². The van der Waals surface area contributed by atoms with E-state index in [0.717, 1.165) is 11.1 Å². The van der Waals surface area contributed by atoms with Crippen LogP contribution in [-0.4, -0.2) is 76.6 Å². The molecular weight excluding hydrogens is 354 g/mol. The fraction of sp³-hybridized carbons (Fsp3) is 0.632. The average molecular weight is 383 g/mol. The predicted octanol–water partition coefficient (Wildman–Crippen LogP) is 1.22. The van der Waals surface area contributed by atoms with Crippen LogP contribution in [0.5, 0.6) is 11.5 Å². The smallest absolute Gasteiger partial charge is 0.258 e. The Kier molecular flexibility index (Phi) is 8.80. The molecule has 27 heavy (non-hydrogen) atoms. The number of hydrogen-bond acceptors (Lipinski definition) is 7. The summed E-state index contributed by atoms with van der Waals surface area (Å²) in [6.07, 6.45) is 0.963. The van der Waals surface area contributed by atoms with Crippen molar-refractivity contribution in [2.24, 2.45) is 0 Å². The summed E-state index contributed by atoms with van der Waals surface area (Å²) < 4.78 is 26.8. The molecule has 8 nitrogen and oxygen atoms in total. The van der Waals surface area contributed by atoms with Crippen LogP contribution in [0.25, 0.3) is 0 Å². The minimum absolute atomic E-state index is 0.00283. The lowest BCUT2D eigenvalue weighted by Gasteiger charge is -2.29. The second-order valence-corrected chi connectivity index (χ2v) is 6.04. The number of nitrogens with zero attached hydrogens (tertiary/aromatic N) is 1. The van der Waals surface area contributed by atoms with Gasteiger partial charge in [-0.1, -0.05) is 6.92 Å². The summed E-state index contributed by atoms with van der Waals surface area (Å²) in [6, 6.07) is 1.70. The van der Waals surface area contributed by atoms with Crippen LogP contribution in [0.4, 0.5) is 0 Å². The molecule has 1 amide bonds. The number of benzene rings is 1. The van der Waals surface area contributed by atoms with Crippen LogP contribution in [-0.2, 0) is 27.1 Å². The van der Waals surface area contributed by atoms with Crippen LogP contribution in [0.15, 0.2) is 6.07 Å². The summed E-state index contributed by atoms with van der Waals surface area (Å²) in [4.78, 5) is 15.0. The normalized spacial score (nSPS) is 14.3. The van der Waals surface area contributed by atoms with Gasteiger partial charge in [0, 0.05) is 40.0 Å². The monoisotopic (exact) mass is 383 g/mol. The van der Waals surface area contributed by atoms with Crippen molar-refractivity contribution in [1.29, 1.82) is 0 Å². The Morgan fingerprint density at radius 3 is 2.30 bits per heavy atom. The van der Waals surface area contributed by atoms with Crippen LogP contribution in [0.3, 0.4) is 0 Å². The number of methoxy groups -OCH3 is 2. The van der Waals surface area contributed by atoms with Gasteiger partial charge in [-0.05, 0) is 24.0 Å². The van der Waals surface area contributed by atoms with Gasteiger partial charge in [-0.25, -0.2) is 0 Å². The lowest BCUT2D eigenvalue weighted by atomic mass is 9.93. The molecular formula is C19H29NO7. The van der Waals surface area contributed by atoms with Gasteiger partial charge in [0.25, 0.3) is 5.91 Å². The summed E-state index contributed by atoms with van der Waals surface area (Å²) in [6.45, 7) is 4.01. The molecule has 0 aromatic heterocycles. The lowest BCUT2D eigenvalue weighted by molar-refractivity contribution is 0.0282. The number of rotatable bonds is 10. The van der Waals surface area contributed by atoms with Gasteiger partial charge >= 0.3 is 0 Å². The van der Waals surface area contributed by atoms with Crippen LogP contribution in [0, 0.1) is 0 Å². The molecule has 1 aromatic rings. The molecule has 152 valence electrons. The van der Waals surface area contributed by atoms with Gasteiger partial charge in [0.15, 0.2) is 13.6 Å². The van der Waals surface area contributed by atoms with Crippen molar-refractivity contribution < 1.29 is 33.6 Å². The largest absolute Gasteiger partial charge is 0.467 e. The summed E-state index contributed by atoms with van der Waals surface area (Å²) in [7, 11) is 3.06. The highest BCUT2D eigenvalue weighted by atomic mass is 16.7. The van der Waals surface area contributed by atoms with Gasteiger partial charge in [-0.2, -0.15) is 0 Å². The highest BCUT2D eigenvalue weighted by molar-refractivity contribution is 5.99. The Morgan fingerprint density at radius 1 is 1.11 bits per heavy atom. The van der Waals surface area contributed by atoms with Gasteiger partial charge in [0.2, 0.25) is 0 Å². The molecule has 1 saturated heterocycles. The molecule has 0 atom stereocenters. The Balaban J connectivity index is 2.55. The van der Waals surface area contributed by atoms with Crippen molar-refractivity contribution in [3.63, 3.8) is 0 Å². The molecule has 1 aliphatic rings. The Hall–Kier alpha value is -1.87. The zero-order valence-electron chi connectivity index (χ0n) is 16.3. The molecule has 0 saturated carbocycles. The number of ether oxygens (including phenoxy) is 5. The minimum Gasteiger partial charge on any atom is -0.467 e. The average Bonchev–Trinajstić information content (AvgIpc) is 2.70. The maximum Gasteiger partial charge on any atom is 0.258 e. The van der Waals surface area contributed by atoms with E-state index in [1.807, 2.05) is 6.92 Å². The van der Waals surface area contributed by atoms with E-state index in [2.05, 4.69) is 0 Å². The second kappa shape index (κ2) is 11.1. The number of hydrogen-bond donors (Lipinski definition) is 1. The Morgan fingerprint density at radius 2 is 1.74 bits per heavy atom. The summed E-state index contributed by atoms with van der Waals surface area (Å²) >= 11 is 0. The van der Waals surface area contributed by atoms with Crippen molar-refractivity contribution >= 4 is 5.91 Å². The van der Waals surface area contributed by atoms with E-state index in [9.17, 15) is 9.90 Å². The van der Waals surface area contributed by atoms with E-state index in [1.165, 1.54) is 7.11 Å². The molecule has 0 bridgehead atoms. The third-order valence-corrected chi connectivity index (χ3v) is 4.36. The molecule has 1 N–H and O–H groups in total. The first kappa shape index (κ1) is 21.4. The number of carbonyl (C=O) groups excluding carboxylic acids is 1. The molecule has 1 fully saturated rings. The van der Waals surface area contributed by atoms with Crippen molar-refractivity contribution in [2.45, 2.75) is 19.8 Å². The zero-order chi connectivity index (χ0) is 19.6. The van der Waals surface area contributed by atoms with Crippen LogP contribution in [0.2, 0.25) is 0 Å². The fourth-order valence-electron chi connectivity index (χ4n) is 3.15. The van der Waals surface area contributed by atoms with E-state index >= 15 is 0 Å². The highest BCUT2D eigenvalue weighted by Gasteiger charge is 2.28. The number of morpholine rings is 1. The second-order valence-electron chi connectivity index (χ2n) is 6.04. The molecule has 0 radical (unpaired) electrons. The Labute approximate surface area is 159 Å². The zero-order valence-corrected chi connectivity index (χ0v) is 16.3. The predicted molar refractivity (Wildman–Crippen MR) is 98.3 cm³/mol. The molecule has 0 spiro atoms.